The first kappa shape index (κ1) is 13.8. The average molecular weight is 318 g/mol. The first-order valence-electron chi connectivity index (χ1n) is 6.05. The van der Waals surface area contributed by atoms with E-state index in [4.69, 9.17) is 0 Å². The van der Waals surface area contributed by atoms with Gasteiger partial charge in [0, 0.05) is 17.0 Å². The normalized spacial score (nSPS) is 10.9. The highest BCUT2D eigenvalue weighted by molar-refractivity contribution is 8.01. The van der Waals surface area contributed by atoms with Crippen LogP contribution in [-0.2, 0) is 0 Å². The molecule has 3 aromatic rings. The molecule has 2 aromatic carbocycles. The lowest BCUT2D eigenvalue weighted by Gasteiger charge is -2.02. The molecule has 21 heavy (non-hydrogen) atoms. The van der Waals surface area contributed by atoms with Gasteiger partial charge in [0.25, 0.3) is 5.69 Å². The number of nitro groups is 1. The lowest BCUT2D eigenvalue weighted by Crippen LogP contribution is -1.89. The van der Waals surface area contributed by atoms with Crippen LogP contribution in [0.1, 0.15) is 5.56 Å². The maximum Gasteiger partial charge on any atom is 0.269 e. The van der Waals surface area contributed by atoms with Crippen LogP contribution in [0, 0.1) is 17.0 Å². The fourth-order valence-corrected chi connectivity index (χ4v) is 4.02. The maximum absolute atomic E-state index is 10.7. The number of phenolic OH excluding ortho intramolecular Hbond substituents is 1. The van der Waals surface area contributed by atoms with Crippen molar-refractivity contribution in [3.05, 3.63) is 52.1 Å². The van der Waals surface area contributed by atoms with Crippen molar-refractivity contribution in [2.24, 2.45) is 0 Å². The van der Waals surface area contributed by atoms with Gasteiger partial charge in [-0.15, -0.1) is 11.3 Å². The summed E-state index contributed by atoms with van der Waals surface area (Å²) in [4.78, 5) is 15.8. The minimum absolute atomic E-state index is 0.0890. The zero-order chi connectivity index (χ0) is 15.0. The van der Waals surface area contributed by atoms with E-state index in [-0.39, 0.29) is 11.4 Å². The summed E-state index contributed by atoms with van der Waals surface area (Å²) in [5, 5.41) is 20.2. The van der Waals surface area contributed by atoms with Crippen molar-refractivity contribution in [2.75, 3.05) is 0 Å². The highest BCUT2D eigenvalue weighted by atomic mass is 32.2. The SMILES string of the molecule is Cc1cc([N+](=O)[O-])ccc1Sc1nc2ccc(O)cc2s1. The smallest absolute Gasteiger partial charge is 0.269 e. The Bertz CT molecular complexity index is 845. The molecule has 3 rings (SSSR count). The number of nitro benzene ring substituents is 1. The van der Waals surface area contributed by atoms with E-state index in [9.17, 15) is 15.2 Å². The minimum atomic E-state index is -0.401. The molecule has 0 aliphatic heterocycles. The maximum atomic E-state index is 10.7. The fraction of sp³-hybridized carbons (Fsp3) is 0.0714. The number of nitrogens with zero attached hydrogens (tertiary/aromatic N) is 2. The number of hydrogen-bond donors (Lipinski definition) is 1. The second-order valence-electron chi connectivity index (χ2n) is 4.44. The van der Waals surface area contributed by atoms with Crippen LogP contribution < -0.4 is 0 Å². The van der Waals surface area contributed by atoms with E-state index in [2.05, 4.69) is 4.98 Å². The summed E-state index contributed by atoms with van der Waals surface area (Å²) in [6, 6.07) is 9.85. The van der Waals surface area contributed by atoms with Crippen molar-refractivity contribution < 1.29 is 10.0 Å². The Morgan fingerprint density at radius 2 is 2.10 bits per heavy atom. The highest BCUT2D eigenvalue weighted by Gasteiger charge is 2.11. The number of non-ortho nitro benzene ring substituents is 1. The molecule has 0 aliphatic carbocycles. The van der Waals surface area contributed by atoms with Gasteiger partial charge in [0.15, 0.2) is 4.34 Å². The van der Waals surface area contributed by atoms with Crippen LogP contribution in [0.2, 0.25) is 0 Å². The summed E-state index contributed by atoms with van der Waals surface area (Å²) < 4.78 is 1.75. The van der Waals surface area contributed by atoms with Gasteiger partial charge < -0.3 is 5.11 Å². The number of benzene rings is 2. The van der Waals surface area contributed by atoms with Crippen molar-refractivity contribution in [3.63, 3.8) is 0 Å². The molecule has 0 radical (unpaired) electrons. The van der Waals surface area contributed by atoms with E-state index in [0.717, 1.165) is 25.0 Å². The fourth-order valence-electron chi connectivity index (χ4n) is 1.89. The summed E-state index contributed by atoms with van der Waals surface area (Å²) in [5.74, 6) is 0.217. The van der Waals surface area contributed by atoms with E-state index in [0.29, 0.717) is 0 Å². The minimum Gasteiger partial charge on any atom is -0.508 e. The van der Waals surface area contributed by atoms with E-state index in [1.165, 1.54) is 29.2 Å². The molecule has 0 saturated heterocycles. The lowest BCUT2D eigenvalue weighted by atomic mass is 10.2. The Kier molecular flexibility index (Phi) is 3.52. The van der Waals surface area contributed by atoms with Gasteiger partial charge in [-0.05, 0) is 36.8 Å². The monoisotopic (exact) mass is 318 g/mol. The van der Waals surface area contributed by atoms with Crippen LogP contribution in [0.3, 0.4) is 0 Å². The van der Waals surface area contributed by atoms with Gasteiger partial charge in [-0.3, -0.25) is 10.1 Å². The molecule has 0 bridgehead atoms. The third-order valence-corrected chi connectivity index (χ3v) is 5.18. The van der Waals surface area contributed by atoms with Crippen LogP contribution in [-0.4, -0.2) is 15.0 Å². The summed E-state index contributed by atoms with van der Waals surface area (Å²) >= 11 is 2.95. The van der Waals surface area contributed by atoms with Crippen LogP contribution >= 0.6 is 23.1 Å². The van der Waals surface area contributed by atoms with E-state index >= 15 is 0 Å². The van der Waals surface area contributed by atoms with E-state index in [1.54, 1.807) is 30.3 Å². The molecule has 0 saturated carbocycles. The largest absolute Gasteiger partial charge is 0.508 e. The summed E-state index contributed by atoms with van der Waals surface area (Å²) in [5.41, 5.74) is 1.77. The van der Waals surface area contributed by atoms with Gasteiger partial charge in [-0.1, -0.05) is 11.8 Å². The molecule has 1 aromatic heterocycles. The Labute approximate surface area is 128 Å². The molecular weight excluding hydrogens is 308 g/mol. The predicted octanol–water partition coefficient (Wildman–Crippen LogP) is 4.37. The average Bonchev–Trinajstić information content (AvgIpc) is 2.82. The zero-order valence-corrected chi connectivity index (χ0v) is 12.6. The topological polar surface area (TPSA) is 76.3 Å². The van der Waals surface area contributed by atoms with Crippen molar-refractivity contribution in [1.82, 2.24) is 4.98 Å². The number of fused-ring (bicyclic) bond motifs is 1. The van der Waals surface area contributed by atoms with Crippen LogP contribution in [0.15, 0.2) is 45.6 Å². The predicted molar refractivity (Wildman–Crippen MR) is 83.2 cm³/mol. The van der Waals surface area contributed by atoms with Gasteiger partial charge in [0.2, 0.25) is 0 Å². The molecule has 0 atom stereocenters. The molecule has 5 nitrogen and oxygen atoms in total. The Balaban J connectivity index is 1.93. The number of aromatic nitrogens is 1. The first-order valence-corrected chi connectivity index (χ1v) is 7.69. The Hall–Kier alpha value is -2.12. The molecule has 106 valence electrons. The molecule has 1 heterocycles. The number of thiazole rings is 1. The molecule has 0 unspecified atom stereocenters. The number of rotatable bonds is 3. The van der Waals surface area contributed by atoms with Crippen molar-refractivity contribution in [2.45, 2.75) is 16.2 Å². The van der Waals surface area contributed by atoms with Crippen LogP contribution in [0.5, 0.6) is 5.75 Å². The third-order valence-electron chi connectivity index (χ3n) is 2.92. The van der Waals surface area contributed by atoms with Gasteiger partial charge in [-0.25, -0.2) is 4.98 Å². The summed E-state index contributed by atoms with van der Waals surface area (Å²) in [7, 11) is 0. The second-order valence-corrected chi connectivity index (χ2v) is 6.76. The third kappa shape index (κ3) is 2.84. The van der Waals surface area contributed by atoms with Crippen molar-refractivity contribution in [3.8, 4) is 5.75 Å². The molecule has 0 amide bonds. The van der Waals surface area contributed by atoms with E-state index < -0.39 is 4.92 Å². The zero-order valence-electron chi connectivity index (χ0n) is 10.9. The van der Waals surface area contributed by atoms with Crippen molar-refractivity contribution >= 4 is 39.0 Å². The number of hydrogen-bond acceptors (Lipinski definition) is 6. The van der Waals surface area contributed by atoms with Gasteiger partial charge in [0.1, 0.15) is 5.75 Å². The van der Waals surface area contributed by atoms with Gasteiger partial charge in [-0.2, -0.15) is 0 Å². The Morgan fingerprint density at radius 3 is 2.81 bits per heavy atom. The Morgan fingerprint density at radius 1 is 1.29 bits per heavy atom. The van der Waals surface area contributed by atoms with Crippen LogP contribution in [0.4, 0.5) is 5.69 Å². The summed E-state index contributed by atoms with van der Waals surface area (Å²) in [6.07, 6.45) is 0. The lowest BCUT2D eigenvalue weighted by molar-refractivity contribution is -0.385. The second kappa shape index (κ2) is 5.34. The number of aromatic hydroxyl groups is 1. The highest BCUT2D eigenvalue weighted by Crippen LogP contribution is 2.37. The molecular formula is C14H10N2O3S2. The summed E-state index contributed by atoms with van der Waals surface area (Å²) in [6.45, 7) is 1.84. The number of phenols is 1. The molecule has 1 N–H and O–H groups in total. The quantitative estimate of drug-likeness (QED) is 0.573. The number of aryl methyl sites for hydroxylation is 1. The van der Waals surface area contributed by atoms with Crippen molar-refractivity contribution in [1.29, 1.82) is 0 Å². The first-order chi connectivity index (χ1) is 10.0. The van der Waals surface area contributed by atoms with Gasteiger partial charge >= 0.3 is 0 Å². The molecule has 7 heteroatoms. The molecule has 0 spiro atoms. The molecule has 0 aliphatic rings. The standard InChI is InChI=1S/C14H10N2O3S2/c1-8-6-9(16(18)19)2-5-12(8)20-14-15-11-4-3-10(17)7-13(11)21-14/h2-7,17H,1H3. The van der Waals surface area contributed by atoms with Gasteiger partial charge in [0.05, 0.1) is 15.1 Å². The molecule has 0 fully saturated rings. The van der Waals surface area contributed by atoms with E-state index in [1.807, 2.05) is 6.92 Å². The van der Waals surface area contributed by atoms with Crippen LogP contribution in [0.25, 0.3) is 10.2 Å².